The molecule has 2 aromatic rings. The van der Waals surface area contributed by atoms with Crippen LogP contribution in [0.1, 0.15) is 30.0 Å². The zero-order valence-corrected chi connectivity index (χ0v) is 18.9. The van der Waals surface area contributed by atoms with E-state index in [1.165, 1.54) is 0 Å². The van der Waals surface area contributed by atoms with Gasteiger partial charge >= 0.3 is 5.97 Å². The average Bonchev–Trinajstić information content (AvgIpc) is 3.26. The Morgan fingerprint density at radius 3 is 2.55 bits per heavy atom. The molecule has 1 saturated heterocycles. The van der Waals surface area contributed by atoms with Crippen LogP contribution in [0.5, 0.6) is 5.75 Å². The van der Waals surface area contributed by atoms with Gasteiger partial charge in [-0.1, -0.05) is 41.4 Å². The molecule has 0 saturated carbocycles. The van der Waals surface area contributed by atoms with Crippen molar-refractivity contribution in [2.75, 3.05) is 33.3 Å². The standard InChI is InChI=1S/C23H26Cl2N2O4/c1-26(22(28)12-16-7-8-19(24)20(25)11-16)21(14-27-9-2-3-10-27)17-5-4-6-18(13-17)31-15-23(29)30/h4-8,11,13,21H,2-3,9-10,12,14-15H2,1H3,(H,29,30)/t21-/m0/s1. The SMILES string of the molecule is CN(C(=O)Cc1ccc(Cl)c(Cl)c1)[C@@H](CN1CCCC1)c1cccc(OCC(=O)O)c1. The summed E-state index contributed by atoms with van der Waals surface area (Å²) in [6, 6.07) is 12.3. The van der Waals surface area contributed by atoms with Crippen LogP contribution in [-0.4, -0.2) is 60.1 Å². The highest BCUT2D eigenvalue weighted by Gasteiger charge is 2.26. The number of amides is 1. The summed E-state index contributed by atoms with van der Waals surface area (Å²) >= 11 is 12.1. The largest absolute Gasteiger partial charge is 0.482 e. The fourth-order valence-corrected chi connectivity index (χ4v) is 4.06. The number of carbonyl (C=O) groups is 2. The summed E-state index contributed by atoms with van der Waals surface area (Å²) in [6.07, 6.45) is 2.50. The van der Waals surface area contributed by atoms with E-state index in [9.17, 15) is 9.59 Å². The molecule has 0 aliphatic carbocycles. The van der Waals surface area contributed by atoms with E-state index in [4.69, 9.17) is 33.0 Å². The van der Waals surface area contributed by atoms with Crippen molar-refractivity contribution in [1.82, 2.24) is 9.80 Å². The van der Waals surface area contributed by atoms with Crippen molar-refractivity contribution in [2.24, 2.45) is 0 Å². The summed E-state index contributed by atoms with van der Waals surface area (Å²) in [6.45, 7) is 2.29. The van der Waals surface area contributed by atoms with Crippen molar-refractivity contribution in [1.29, 1.82) is 0 Å². The van der Waals surface area contributed by atoms with Crippen LogP contribution in [0.4, 0.5) is 0 Å². The lowest BCUT2D eigenvalue weighted by atomic mass is 10.0. The molecule has 8 heteroatoms. The second kappa shape index (κ2) is 10.8. The minimum absolute atomic E-state index is 0.0422. The zero-order chi connectivity index (χ0) is 22.4. The van der Waals surface area contributed by atoms with E-state index in [0.29, 0.717) is 22.3 Å². The Hall–Kier alpha value is -2.28. The third kappa shape index (κ3) is 6.60. The van der Waals surface area contributed by atoms with Gasteiger partial charge in [-0.25, -0.2) is 4.79 Å². The Labute approximate surface area is 192 Å². The van der Waals surface area contributed by atoms with E-state index in [1.807, 2.05) is 18.2 Å². The molecule has 1 aliphatic heterocycles. The van der Waals surface area contributed by atoms with E-state index in [2.05, 4.69) is 4.90 Å². The number of likely N-dealkylation sites (tertiary alicyclic amines) is 1. The highest BCUT2D eigenvalue weighted by atomic mass is 35.5. The van der Waals surface area contributed by atoms with Gasteiger partial charge in [-0.2, -0.15) is 0 Å². The Balaban J connectivity index is 1.80. The highest BCUT2D eigenvalue weighted by Crippen LogP contribution is 2.28. The fraction of sp³-hybridized carbons (Fsp3) is 0.391. The molecule has 0 bridgehead atoms. The van der Waals surface area contributed by atoms with Gasteiger partial charge in [-0.15, -0.1) is 0 Å². The first-order valence-electron chi connectivity index (χ1n) is 10.2. The van der Waals surface area contributed by atoms with Crippen LogP contribution in [-0.2, 0) is 16.0 Å². The molecule has 1 amide bonds. The molecule has 166 valence electrons. The third-order valence-electron chi connectivity index (χ3n) is 5.44. The van der Waals surface area contributed by atoms with E-state index >= 15 is 0 Å². The fourth-order valence-electron chi connectivity index (χ4n) is 3.74. The number of rotatable bonds is 9. The number of hydrogen-bond donors (Lipinski definition) is 1. The summed E-state index contributed by atoms with van der Waals surface area (Å²) in [4.78, 5) is 28.0. The molecule has 3 rings (SSSR count). The highest BCUT2D eigenvalue weighted by molar-refractivity contribution is 6.42. The molecule has 6 nitrogen and oxygen atoms in total. The number of aliphatic carboxylic acids is 1. The molecule has 2 aromatic carbocycles. The number of nitrogens with zero attached hydrogens (tertiary/aromatic N) is 2. The minimum atomic E-state index is -1.03. The smallest absolute Gasteiger partial charge is 0.341 e. The molecule has 1 fully saturated rings. The molecule has 31 heavy (non-hydrogen) atoms. The van der Waals surface area contributed by atoms with Crippen LogP contribution in [0.3, 0.4) is 0 Å². The Morgan fingerprint density at radius 2 is 1.87 bits per heavy atom. The summed E-state index contributed by atoms with van der Waals surface area (Å²) in [7, 11) is 1.80. The van der Waals surface area contributed by atoms with Crippen molar-refractivity contribution in [3.63, 3.8) is 0 Å². The Kier molecular flexibility index (Phi) is 8.18. The topological polar surface area (TPSA) is 70.1 Å². The first-order valence-corrected chi connectivity index (χ1v) is 11.0. The molecule has 1 heterocycles. The third-order valence-corrected chi connectivity index (χ3v) is 6.17. The second-order valence-corrected chi connectivity index (χ2v) is 8.52. The lowest BCUT2D eigenvalue weighted by Gasteiger charge is -2.32. The zero-order valence-electron chi connectivity index (χ0n) is 17.4. The van der Waals surface area contributed by atoms with Crippen LogP contribution in [0, 0.1) is 0 Å². The summed E-state index contributed by atoms with van der Waals surface area (Å²) in [5, 5.41) is 9.76. The molecule has 0 aromatic heterocycles. The Morgan fingerprint density at radius 1 is 1.13 bits per heavy atom. The summed E-state index contributed by atoms with van der Waals surface area (Å²) < 4.78 is 5.34. The van der Waals surface area contributed by atoms with Gasteiger partial charge < -0.3 is 19.6 Å². The molecule has 0 unspecified atom stereocenters. The quantitative estimate of drug-likeness (QED) is 0.598. The molecular weight excluding hydrogens is 439 g/mol. The van der Waals surface area contributed by atoms with Crippen LogP contribution in [0.15, 0.2) is 42.5 Å². The molecule has 1 aliphatic rings. The maximum Gasteiger partial charge on any atom is 0.341 e. The van der Waals surface area contributed by atoms with Gasteiger partial charge in [-0.3, -0.25) is 4.79 Å². The number of hydrogen-bond acceptors (Lipinski definition) is 4. The number of ether oxygens (including phenoxy) is 1. The van der Waals surface area contributed by atoms with Crippen molar-refractivity contribution in [3.8, 4) is 5.75 Å². The first kappa shape index (κ1) is 23.4. The maximum atomic E-state index is 13.1. The molecule has 0 spiro atoms. The van der Waals surface area contributed by atoms with E-state index in [-0.39, 0.29) is 18.4 Å². The predicted molar refractivity (Wildman–Crippen MR) is 121 cm³/mol. The van der Waals surface area contributed by atoms with Crippen LogP contribution >= 0.6 is 23.2 Å². The molecule has 1 atom stereocenters. The first-order chi connectivity index (χ1) is 14.8. The average molecular weight is 465 g/mol. The second-order valence-electron chi connectivity index (χ2n) is 7.71. The lowest BCUT2D eigenvalue weighted by molar-refractivity contribution is -0.139. The summed E-state index contributed by atoms with van der Waals surface area (Å²) in [5.41, 5.74) is 1.70. The predicted octanol–water partition coefficient (Wildman–Crippen LogP) is 4.29. The summed E-state index contributed by atoms with van der Waals surface area (Å²) in [5.74, 6) is -0.607. The number of benzene rings is 2. The van der Waals surface area contributed by atoms with Crippen molar-refractivity contribution >= 4 is 35.1 Å². The number of carboxylic acid groups (broad SMARTS) is 1. The number of carboxylic acids is 1. The van der Waals surface area contributed by atoms with Gasteiger partial charge in [0.1, 0.15) is 5.75 Å². The molecule has 0 radical (unpaired) electrons. The maximum absolute atomic E-state index is 13.1. The van der Waals surface area contributed by atoms with Crippen LogP contribution in [0.25, 0.3) is 0 Å². The van der Waals surface area contributed by atoms with Crippen LogP contribution < -0.4 is 4.74 Å². The van der Waals surface area contributed by atoms with E-state index in [0.717, 1.165) is 37.1 Å². The van der Waals surface area contributed by atoms with Gasteiger partial charge in [0.25, 0.3) is 0 Å². The van der Waals surface area contributed by atoms with Crippen molar-refractivity contribution in [2.45, 2.75) is 25.3 Å². The van der Waals surface area contributed by atoms with Crippen molar-refractivity contribution < 1.29 is 19.4 Å². The van der Waals surface area contributed by atoms with Gasteiger partial charge in [0, 0.05) is 13.6 Å². The Bertz CT molecular complexity index is 932. The van der Waals surface area contributed by atoms with E-state index in [1.54, 1.807) is 36.2 Å². The van der Waals surface area contributed by atoms with E-state index < -0.39 is 12.6 Å². The lowest BCUT2D eigenvalue weighted by Crippen LogP contribution is -2.39. The number of carbonyl (C=O) groups excluding carboxylic acids is 1. The van der Waals surface area contributed by atoms with Crippen molar-refractivity contribution in [3.05, 3.63) is 63.6 Å². The van der Waals surface area contributed by atoms with Gasteiger partial charge in [0.15, 0.2) is 6.61 Å². The van der Waals surface area contributed by atoms with Gasteiger partial charge in [0.2, 0.25) is 5.91 Å². The van der Waals surface area contributed by atoms with Crippen LogP contribution in [0.2, 0.25) is 10.0 Å². The van der Waals surface area contributed by atoms with Gasteiger partial charge in [0.05, 0.1) is 22.5 Å². The normalized spacial score (nSPS) is 14.9. The molecule has 1 N–H and O–H groups in total. The minimum Gasteiger partial charge on any atom is -0.482 e. The molecular formula is C23H26Cl2N2O4. The number of likely N-dealkylation sites (N-methyl/N-ethyl adjacent to an activating group) is 1. The monoisotopic (exact) mass is 464 g/mol. The van der Waals surface area contributed by atoms with Gasteiger partial charge in [-0.05, 0) is 61.3 Å². The number of halogens is 2.